The standard InChI is InChI=1S/C26H23F6NO3/c1-15(2)23(34)36-24(4,5)16(3)35-22-8-6-18(7-9-22)19(14-33)10-17-11-20(25(27,28)29)13-21(12-17)26(30,31)32/h6-13,16H,1H2,2-5H3/b19-10+. The van der Waals surface area contributed by atoms with Gasteiger partial charge < -0.3 is 9.47 Å². The first-order valence-electron chi connectivity index (χ1n) is 10.5. The Morgan fingerprint density at radius 3 is 1.92 bits per heavy atom. The van der Waals surface area contributed by atoms with Crippen molar-refractivity contribution in [2.45, 2.75) is 51.8 Å². The highest BCUT2D eigenvalue weighted by Crippen LogP contribution is 2.37. The third-order valence-electron chi connectivity index (χ3n) is 5.20. The van der Waals surface area contributed by atoms with Gasteiger partial charge in [-0.3, -0.25) is 0 Å². The molecule has 0 saturated carbocycles. The summed E-state index contributed by atoms with van der Waals surface area (Å²) in [4.78, 5) is 11.8. The van der Waals surface area contributed by atoms with Gasteiger partial charge in [-0.25, -0.2) is 4.79 Å². The number of alkyl halides is 6. The van der Waals surface area contributed by atoms with Crippen LogP contribution in [0.2, 0.25) is 0 Å². The van der Waals surface area contributed by atoms with Crippen LogP contribution in [0.15, 0.2) is 54.6 Å². The molecule has 0 aliphatic rings. The van der Waals surface area contributed by atoms with Crippen molar-refractivity contribution in [1.82, 2.24) is 0 Å². The molecule has 192 valence electrons. The lowest BCUT2D eigenvalue weighted by molar-refractivity contribution is -0.159. The summed E-state index contributed by atoms with van der Waals surface area (Å²) in [6, 6.07) is 8.71. The summed E-state index contributed by atoms with van der Waals surface area (Å²) in [6.45, 7) is 9.99. The third-order valence-corrected chi connectivity index (χ3v) is 5.20. The first-order valence-corrected chi connectivity index (χ1v) is 10.5. The average molecular weight is 511 g/mol. The Bertz CT molecular complexity index is 1170. The predicted molar refractivity (Wildman–Crippen MR) is 121 cm³/mol. The van der Waals surface area contributed by atoms with E-state index in [1.54, 1.807) is 26.8 Å². The van der Waals surface area contributed by atoms with Crippen LogP contribution in [0.3, 0.4) is 0 Å². The minimum absolute atomic E-state index is 0.0197. The number of carbonyl (C=O) groups is 1. The van der Waals surface area contributed by atoms with E-state index in [2.05, 4.69) is 6.58 Å². The number of carbonyl (C=O) groups excluding carboxylic acids is 1. The first kappa shape index (κ1) is 28.5. The molecule has 0 radical (unpaired) electrons. The van der Waals surface area contributed by atoms with E-state index in [0.717, 1.165) is 6.08 Å². The molecule has 1 atom stereocenters. The highest BCUT2D eigenvalue weighted by Gasteiger charge is 2.37. The molecule has 0 bridgehead atoms. The number of hydrogen-bond acceptors (Lipinski definition) is 4. The number of ether oxygens (including phenoxy) is 2. The molecule has 1 unspecified atom stereocenters. The Morgan fingerprint density at radius 2 is 1.50 bits per heavy atom. The van der Waals surface area contributed by atoms with Gasteiger partial charge >= 0.3 is 18.3 Å². The number of halogens is 6. The van der Waals surface area contributed by atoms with Crippen molar-refractivity contribution in [2.24, 2.45) is 0 Å². The molecule has 2 aromatic rings. The second kappa shape index (κ2) is 10.5. The average Bonchev–Trinajstić information content (AvgIpc) is 2.76. The largest absolute Gasteiger partial charge is 0.487 e. The molecule has 4 nitrogen and oxygen atoms in total. The van der Waals surface area contributed by atoms with Gasteiger partial charge in [0.05, 0.1) is 22.8 Å². The van der Waals surface area contributed by atoms with Crippen LogP contribution >= 0.6 is 0 Å². The highest BCUT2D eigenvalue weighted by molar-refractivity contribution is 5.90. The number of allylic oxidation sites excluding steroid dienone is 1. The van der Waals surface area contributed by atoms with Crippen molar-refractivity contribution >= 4 is 17.6 Å². The summed E-state index contributed by atoms with van der Waals surface area (Å²) in [5.74, 6) is -0.251. The zero-order chi connectivity index (χ0) is 27.5. The number of benzene rings is 2. The molecule has 10 heteroatoms. The number of hydrogen-bond donors (Lipinski definition) is 0. The lowest BCUT2D eigenvalue weighted by Crippen LogP contribution is -2.42. The number of nitrogens with zero attached hydrogens (tertiary/aromatic N) is 1. The summed E-state index contributed by atoms with van der Waals surface area (Å²) < 4.78 is 89.9. The molecule has 2 rings (SSSR count). The van der Waals surface area contributed by atoms with E-state index >= 15 is 0 Å². The van der Waals surface area contributed by atoms with E-state index in [9.17, 15) is 36.4 Å². The summed E-state index contributed by atoms with van der Waals surface area (Å²) in [6.07, 6.45) is -9.66. The second-order valence-corrected chi connectivity index (χ2v) is 8.57. The summed E-state index contributed by atoms with van der Waals surface area (Å²) in [5, 5.41) is 9.50. The minimum atomic E-state index is -5.00. The lowest BCUT2D eigenvalue weighted by atomic mass is 10.00. The van der Waals surface area contributed by atoms with Gasteiger partial charge in [0.15, 0.2) is 0 Å². The molecule has 2 aromatic carbocycles. The molecule has 0 aliphatic heterocycles. The van der Waals surface area contributed by atoms with Crippen LogP contribution in [0, 0.1) is 11.3 Å². The summed E-state index contributed by atoms with van der Waals surface area (Å²) in [5.41, 5.74) is -4.09. The first-order chi connectivity index (χ1) is 16.4. The molecule has 0 fully saturated rings. The third kappa shape index (κ3) is 7.38. The molecular formula is C26H23F6NO3. The number of esters is 1. The van der Waals surface area contributed by atoms with E-state index in [-0.39, 0.29) is 22.8 Å². The van der Waals surface area contributed by atoms with Crippen molar-refractivity contribution in [1.29, 1.82) is 5.26 Å². The Hall–Kier alpha value is -3.74. The lowest BCUT2D eigenvalue weighted by Gasteiger charge is -2.31. The molecule has 0 amide bonds. The zero-order valence-corrected chi connectivity index (χ0v) is 19.8. The Morgan fingerprint density at radius 1 is 1.00 bits per heavy atom. The molecule has 36 heavy (non-hydrogen) atoms. The highest BCUT2D eigenvalue weighted by atomic mass is 19.4. The monoisotopic (exact) mass is 511 g/mol. The normalized spacial score (nSPS) is 13.5. The molecule has 0 saturated heterocycles. The van der Waals surface area contributed by atoms with Gasteiger partial charge in [-0.1, -0.05) is 6.58 Å². The Labute approximate surface area is 204 Å². The van der Waals surface area contributed by atoms with Gasteiger partial charge in [-0.15, -0.1) is 0 Å². The topological polar surface area (TPSA) is 59.3 Å². The summed E-state index contributed by atoms with van der Waals surface area (Å²) >= 11 is 0. The van der Waals surface area contributed by atoms with Gasteiger partial charge in [0, 0.05) is 5.57 Å². The molecule has 0 heterocycles. The maximum absolute atomic E-state index is 13.1. The van der Waals surface area contributed by atoms with Gasteiger partial charge in [-0.2, -0.15) is 31.6 Å². The predicted octanol–water partition coefficient (Wildman–Crippen LogP) is 7.45. The molecule has 0 aromatic heterocycles. The van der Waals surface area contributed by atoms with E-state index in [1.807, 2.05) is 0 Å². The molecule has 0 aliphatic carbocycles. The van der Waals surface area contributed by atoms with Gasteiger partial charge in [0.25, 0.3) is 0 Å². The fourth-order valence-electron chi connectivity index (χ4n) is 2.88. The summed E-state index contributed by atoms with van der Waals surface area (Å²) in [7, 11) is 0. The van der Waals surface area contributed by atoms with E-state index < -0.39 is 46.7 Å². The van der Waals surface area contributed by atoms with Crippen LogP contribution in [0.5, 0.6) is 5.75 Å². The fourth-order valence-corrected chi connectivity index (χ4v) is 2.88. The van der Waals surface area contributed by atoms with E-state index in [0.29, 0.717) is 17.9 Å². The minimum Gasteiger partial charge on any atom is -0.487 e. The Kier molecular flexibility index (Phi) is 8.30. The van der Waals surface area contributed by atoms with E-state index in [4.69, 9.17) is 9.47 Å². The Balaban J connectivity index is 2.33. The van der Waals surface area contributed by atoms with E-state index in [1.165, 1.54) is 31.2 Å². The second-order valence-electron chi connectivity index (χ2n) is 8.57. The van der Waals surface area contributed by atoms with Crippen molar-refractivity contribution in [3.63, 3.8) is 0 Å². The van der Waals surface area contributed by atoms with Crippen molar-refractivity contribution < 1.29 is 40.6 Å². The maximum Gasteiger partial charge on any atom is 0.416 e. The van der Waals surface area contributed by atoms with Gasteiger partial charge in [-0.05, 0) is 87.4 Å². The van der Waals surface area contributed by atoms with Crippen LogP contribution in [0.25, 0.3) is 11.6 Å². The quantitative estimate of drug-likeness (QED) is 0.127. The smallest absolute Gasteiger partial charge is 0.416 e. The van der Waals surface area contributed by atoms with Crippen LogP contribution in [0.4, 0.5) is 26.3 Å². The van der Waals surface area contributed by atoms with Gasteiger partial charge in [0.2, 0.25) is 0 Å². The number of nitriles is 1. The number of rotatable bonds is 7. The van der Waals surface area contributed by atoms with Crippen molar-refractivity contribution in [2.75, 3.05) is 0 Å². The van der Waals surface area contributed by atoms with Crippen molar-refractivity contribution in [3.8, 4) is 11.8 Å². The van der Waals surface area contributed by atoms with Crippen molar-refractivity contribution in [3.05, 3.63) is 76.9 Å². The van der Waals surface area contributed by atoms with Crippen LogP contribution in [-0.2, 0) is 21.9 Å². The van der Waals surface area contributed by atoms with Crippen LogP contribution in [0.1, 0.15) is 49.9 Å². The van der Waals surface area contributed by atoms with Crippen LogP contribution in [-0.4, -0.2) is 17.7 Å². The van der Waals surface area contributed by atoms with Gasteiger partial charge in [0.1, 0.15) is 17.5 Å². The molecular weight excluding hydrogens is 488 g/mol. The SMILES string of the molecule is C=C(C)C(=O)OC(C)(C)C(C)Oc1ccc(/C(C#N)=C/c2cc(C(F)(F)F)cc(C(F)(F)F)c2)cc1. The fraction of sp³-hybridized carbons (Fsp3) is 0.308. The molecule has 0 spiro atoms. The maximum atomic E-state index is 13.1. The van der Waals surface area contributed by atoms with Crippen LogP contribution < -0.4 is 4.74 Å². The zero-order valence-electron chi connectivity index (χ0n) is 19.8. The molecule has 0 N–H and O–H groups in total.